The number of benzene rings is 2. The fourth-order valence-corrected chi connectivity index (χ4v) is 2.19. The monoisotopic (exact) mass is 386 g/mol. The molecule has 2 aromatic rings. The predicted octanol–water partition coefficient (Wildman–Crippen LogP) is 1.54. The van der Waals surface area contributed by atoms with Gasteiger partial charge in [0.1, 0.15) is 18.1 Å². The number of carbonyl (C=O) groups is 3. The van der Waals surface area contributed by atoms with Crippen LogP contribution < -0.4 is 20.5 Å². The van der Waals surface area contributed by atoms with E-state index < -0.39 is 24.4 Å². The standard InChI is InChI=1S/C20H22N2O6/c1-2-26-16-7-9-17(10-8-16)27-12-11-22-18(23)13-28-20(25)15-5-3-14(4-6-15)19(21)24/h3-10H,2,11-13H2,1H3,(H2,21,24)(H,22,23). The second-order valence-electron chi connectivity index (χ2n) is 5.62. The summed E-state index contributed by atoms with van der Waals surface area (Å²) in [6, 6.07) is 12.8. The minimum Gasteiger partial charge on any atom is -0.494 e. The van der Waals surface area contributed by atoms with Gasteiger partial charge in [-0.2, -0.15) is 0 Å². The lowest BCUT2D eigenvalue weighted by molar-refractivity contribution is -0.124. The maximum Gasteiger partial charge on any atom is 0.338 e. The highest BCUT2D eigenvalue weighted by Gasteiger charge is 2.11. The molecule has 0 saturated carbocycles. The molecule has 0 aliphatic rings. The molecular formula is C20H22N2O6. The maximum atomic E-state index is 11.9. The molecule has 0 aromatic heterocycles. The molecule has 2 aromatic carbocycles. The van der Waals surface area contributed by atoms with Gasteiger partial charge in [-0.25, -0.2) is 4.79 Å². The van der Waals surface area contributed by atoms with Gasteiger partial charge in [-0.1, -0.05) is 0 Å². The van der Waals surface area contributed by atoms with Crippen molar-refractivity contribution in [3.8, 4) is 11.5 Å². The zero-order valence-corrected chi connectivity index (χ0v) is 15.5. The summed E-state index contributed by atoms with van der Waals surface area (Å²) in [6.45, 7) is 2.61. The third-order valence-electron chi connectivity index (χ3n) is 3.57. The second-order valence-corrected chi connectivity index (χ2v) is 5.62. The Bertz CT molecular complexity index is 802. The number of esters is 1. The number of nitrogens with one attached hydrogen (secondary N) is 1. The van der Waals surface area contributed by atoms with Gasteiger partial charge in [-0.05, 0) is 55.5 Å². The van der Waals surface area contributed by atoms with Crippen LogP contribution in [0.3, 0.4) is 0 Å². The van der Waals surface area contributed by atoms with Gasteiger partial charge in [-0.3, -0.25) is 9.59 Å². The third-order valence-corrected chi connectivity index (χ3v) is 3.57. The van der Waals surface area contributed by atoms with Crippen molar-refractivity contribution >= 4 is 17.8 Å². The van der Waals surface area contributed by atoms with Crippen LogP contribution >= 0.6 is 0 Å². The van der Waals surface area contributed by atoms with Crippen molar-refractivity contribution in [3.05, 3.63) is 59.7 Å². The summed E-state index contributed by atoms with van der Waals surface area (Å²) >= 11 is 0. The minimum absolute atomic E-state index is 0.219. The molecule has 0 heterocycles. The molecule has 2 rings (SSSR count). The van der Waals surface area contributed by atoms with Crippen LogP contribution in [0.25, 0.3) is 0 Å². The third kappa shape index (κ3) is 6.64. The summed E-state index contributed by atoms with van der Waals surface area (Å²) < 4.78 is 15.8. The highest BCUT2D eigenvalue weighted by atomic mass is 16.5. The van der Waals surface area contributed by atoms with Crippen LogP contribution in [-0.2, 0) is 9.53 Å². The van der Waals surface area contributed by atoms with Gasteiger partial charge in [-0.15, -0.1) is 0 Å². The lowest BCUT2D eigenvalue weighted by Crippen LogP contribution is -2.32. The van der Waals surface area contributed by atoms with Crippen molar-refractivity contribution < 1.29 is 28.6 Å². The summed E-state index contributed by atoms with van der Waals surface area (Å²) in [5, 5.41) is 2.59. The summed E-state index contributed by atoms with van der Waals surface area (Å²) in [6.07, 6.45) is 0. The zero-order valence-electron chi connectivity index (χ0n) is 15.5. The molecular weight excluding hydrogens is 364 g/mol. The van der Waals surface area contributed by atoms with Crippen LogP contribution in [0.15, 0.2) is 48.5 Å². The van der Waals surface area contributed by atoms with Gasteiger partial charge in [0.2, 0.25) is 5.91 Å². The number of primary amides is 1. The number of hydrogen-bond donors (Lipinski definition) is 2. The first kappa shape index (κ1) is 20.8. The first-order chi connectivity index (χ1) is 13.5. The SMILES string of the molecule is CCOc1ccc(OCCNC(=O)COC(=O)c2ccc(C(N)=O)cc2)cc1. The van der Waals surface area contributed by atoms with E-state index in [1.807, 2.05) is 6.92 Å². The molecule has 28 heavy (non-hydrogen) atoms. The Morgan fingerprint density at radius 1 is 0.893 bits per heavy atom. The highest BCUT2D eigenvalue weighted by Crippen LogP contribution is 2.17. The first-order valence-electron chi connectivity index (χ1n) is 8.69. The summed E-state index contributed by atoms with van der Waals surface area (Å²) in [7, 11) is 0. The molecule has 0 bridgehead atoms. The average Bonchev–Trinajstić information content (AvgIpc) is 2.71. The van der Waals surface area contributed by atoms with Gasteiger partial charge >= 0.3 is 5.97 Å². The number of nitrogens with two attached hydrogens (primary N) is 1. The first-order valence-corrected chi connectivity index (χ1v) is 8.69. The zero-order chi connectivity index (χ0) is 20.4. The molecule has 0 fully saturated rings. The quantitative estimate of drug-likeness (QED) is 0.472. The van der Waals surface area contributed by atoms with Crippen molar-refractivity contribution in [2.45, 2.75) is 6.92 Å². The fourth-order valence-electron chi connectivity index (χ4n) is 2.19. The second kappa shape index (κ2) is 10.6. The van der Waals surface area contributed by atoms with Crippen molar-refractivity contribution in [1.82, 2.24) is 5.32 Å². The van der Waals surface area contributed by atoms with E-state index >= 15 is 0 Å². The van der Waals surface area contributed by atoms with Crippen molar-refractivity contribution in [2.75, 3.05) is 26.4 Å². The minimum atomic E-state index is -0.670. The van der Waals surface area contributed by atoms with Gasteiger partial charge in [0.25, 0.3) is 5.91 Å². The molecule has 0 aliphatic heterocycles. The van der Waals surface area contributed by atoms with E-state index in [-0.39, 0.29) is 24.3 Å². The Hall–Kier alpha value is -3.55. The summed E-state index contributed by atoms with van der Waals surface area (Å²) in [4.78, 5) is 34.6. The Kier molecular flexibility index (Phi) is 7.83. The molecule has 0 saturated heterocycles. The molecule has 0 atom stereocenters. The van der Waals surface area contributed by atoms with Crippen LogP contribution in [0.4, 0.5) is 0 Å². The molecule has 0 spiro atoms. The molecule has 8 heteroatoms. The Balaban J connectivity index is 1.65. The van der Waals surface area contributed by atoms with E-state index in [2.05, 4.69) is 5.32 Å². The van der Waals surface area contributed by atoms with Gasteiger partial charge in [0.15, 0.2) is 6.61 Å². The molecule has 8 nitrogen and oxygen atoms in total. The number of ether oxygens (including phenoxy) is 3. The molecule has 0 aliphatic carbocycles. The van der Waals surface area contributed by atoms with E-state index in [4.69, 9.17) is 19.9 Å². The Morgan fingerprint density at radius 2 is 1.46 bits per heavy atom. The van der Waals surface area contributed by atoms with E-state index in [0.29, 0.717) is 12.4 Å². The van der Waals surface area contributed by atoms with Crippen LogP contribution in [0.1, 0.15) is 27.6 Å². The lowest BCUT2D eigenvalue weighted by Gasteiger charge is -2.09. The Labute approximate surface area is 162 Å². The number of hydrogen-bond acceptors (Lipinski definition) is 6. The predicted molar refractivity (Wildman–Crippen MR) is 101 cm³/mol. The largest absolute Gasteiger partial charge is 0.494 e. The molecule has 2 amide bonds. The molecule has 0 radical (unpaired) electrons. The summed E-state index contributed by atoms with van der Waals surface area (Å²) in [5.41, 5.74) is 5.63. The molecule has 148 valence electrons. The van der Waals surface area contributed by atoms with Crippen LogP contribution in [-0.4, -0.2) is 44.1 Å². The topological polar surface area (TPSA) is 117 Å². The maximum absolute atomic E-state index is 11.9. The van der Waals surface area contributed by atoms with Crippen molar-refractivity contribution in [1.29, 1.82) is 0 Å². The van der Waals surface area contributed by atoms with Gasteiger partial charge in [0.05, 0.1) is 18.7 Å². The number of carbonyl (C=O) groups excluding carboxylic acids is 3. The van der Waals surface area contributed by atoms with Crippen LogP contribution in [0.2, 0.25) is 0 Å². The number of rotatable bonds is 10. The molecule has 3 N–H and O–H groups in total. The van der Waals surface area contributed by atoms with E-state index in [1.165, 1.54) is 24.3 Å². The van der Waals surface area contributed by atoms with Crippen LogP contribution in [0.5, 0.6) is 11.5 Å². The smallest absolute Gasteiger partial charge is 0.338 e. The van der Waals surface area contributed by atoms with Crippen LogP contribution in [0, 0.1) is 0 Å². The Morgan fingerprint density at radius 3 is 2.04 bits per heavy atom. The van der Waals surface area contributed by atoms with E-state index in [1.54, 1.807) is 24.3 Å². The average molecular weight is 386 g/mol. The molecule has 0 unspecified atom stereocenters. The van der Waals surface area contributed by atoms with Gasteiger partial charge in [0, 0.05) is 5.56 Å². The highest BCUT2D eigenvalue weighted by molar-refractivity contribution is 5.95. The van der Waals surface area contributed by atoms with E-state index in [9.17, 15) is 14.4 Å². The lowest BCUT2D eigenvalue weighted by atomic mass is 10.1. The van der Waals surface area contributed by atoms with Gasteiger partial charge < -0.3 is 25.3 Å². The van der Waals surface area contributed by atoms with E-state index in [0.717, 1.165) is 5.75 Å². The number of amides is 2. The van der Waals surface area contributed by atoms with Crippen molar-refractivity contribution in [2.24, 2.45) is 5.73 Å². The fraction of sp³-hybridized carbons (Fsp3) is 0.250. The summed E-state index contributed by atoms with van der Waals surface area (Å²) in [5.74, 6) is -0.293. The van der Waals surface area contributed by atoms with Crippen molar-refractivity contribution in [3.63, 3.8) is 0 Å². The normalized spacial score (nSPS) is 10.0.